The third-order valence-electron chi connectivity index (χ3n) is 2.70. The van der Waals surface area contributed by atoms with Gasteiger partial charge in [-0.3, -0.25) is 4.72 Å². The van der Waals surface area contributed by atoms with E-state index in [2.05, 4.69) is 4.72 Å². The molecule has 0 fully saturated rings. The largest absolute Gasteiger partial charge is 0.399 e. The molecule has 0 aliphatic rings. The molecule has 0 radical (unpaired) electrons. The van der Waals surface area contributed by atoms with Gasteiger partial charge in [0.1, 0.15) is 0 Å². The summed E-state index contributed by atoms with van der Waals surface area (Å²) in [6, 6.07) is 12.9. The first-order valence-electron chi connectivity index (χ1n) is 5.94. The number of nitriles is 1. The number of rotatable bonds is 4. The molecule has 0 saturated heterocycles. The van der Waals surface area contributed by atoms with Gasteiger partial charge in [0, 0.05) is 5.69 Å². The fourth-order valence-electron chi connectivity index (χ4n) is 1.71. The van der Waals surface area contributed by atoms with E-state index in [4.69, 9.17) is 22.6 Å². The van der Waals surface area contributed by atoms with Crippen LogP contribution in [0.4, 0.5) is 11.4 Å². The highest BCUT2D eigenvalue weighted by Gasteiger charge is 2.14. The summed E-state index contributed by atoms with van der Waals surface area (Å²) in [4.78, 5) is 0. The third-order valence-corrected chi connectivity index (χ3v) is 4.27. The second-order valence-corrected chi connectivity index (χ2v) is 6.54. The monoisotopic (exact) mass is 321 g/mol. The molecule has 0 saturated carbocycles. The molecule has 3 N–H and O–H groups in total. The van der Waals surface area contributed by atoms with E-state index in [-0.39, 0.29) is 16.5 Å². The van der Waals surface area contributed by atoms with Gasteiger partial charge in [-0.1, -0.05) is 23.7 Å². The lowest BCUT2D eigenvalue weighted by molar-refractivity contribution is 0.600. The average molecular weight is 322 g/mol. The van der Waals surface area contributed by atoms with Crippen LogP contribution in [0.25, 0.3) is 0 Å². The minimum atomic E-state index is -3.63. The van der Waals surface area contributed by atoms with E-state index in [0.29, 0.717) is 16.8 Å². The summed E-state index contributed by atoms with van der Waals surface area (Å²) < 4.78 is 26.6. The Bertz CT molecular complexity index is 796. The first kappa shape index (κ1) is 15.2. The van der Waals surface area contributed by atoms with Crippen LogP contribution in [0.15, 0.2) is 42.5 Å². The molecule has 2 rings (SSSR count). The Morgan fingerprint density at radius 1 is 1.19 bits per heavy atom. The number of nitrogens with zero attached hydrogens (tertiary/aromatic N) is 1. The van der Waals surface area contributed by atoms with Gasteiger partial charge in [-0.2, -0.15) is 5.26 Å². The van der Waals surface area contributed by atoms with Crippen LogP contribution in [0.1, 0.15) is 11.1 Å². The highest BCUT2D eigenvalue weighted by Crippen LogP contribution is 2.24. The van der Waals surface area contributed by atoms with Gasteiger partial charge in [-0.05, 0) is 35.9 Å². The number of nitrogens with two attached hydrogens (primary N) is 1. The van der Waals surface area contributed by atoms with Crippen molar-refractivity contribution in [3.63, 3.8) is 0 Å². The first-order valence-corrected chi connectivity index (χ1v) is 7.97. The molecular formula is C14H12ClN3O2S. The van der Waals surface area contributed by atoms with Crippen molar-refractivity contribution in [1.82, 2.24) is 0 Å². The predicted octanol–water partition coefficient (Wildman–Crippen LogP) is 2.74. The molecule has 0 aromatic heterocycles. The van der Waals surface area contributed by atoms with E-state index < -0.39 is 10.0 Å². The summed E-state index contributed by atoms with van der Waals surface area (Å²) >= 11 is 5.93. The van der Waals surface area contributed by atoms with Gasteiger partial charge in [0.15, 0.2) is 0 Å². The number of nitrogen functional groups attached to an aromatic ring is 1. The molecule has 0 atom stereocenters. The topological polar surface area (TPSA) is 96.0 Å². The number of halogens is 1. The number of hydrogen-bond acceptors (Lipinski definition) is 4. The van der Waals surface area contributed by atoms with Gasteiger partial charge in [-0.25, -0.2) is 8.42 Å². The SMILES string of the molecule is N#Cc1ccc(Cl)c(NS(=O)(=O)Cc2ccc(N)cc2)c1. The number of anilines is 2. The molecule has 7 heteroatoms. The zero-order valence-corrected chi connectivity index (χ0v) is 12.4. The zero-order valence-electron chi connectivity index (χ0n) is 10.9. The highest BCUT2D eigenvalue weighted by atomic mass is 35.5. The summed E-state index contributed by atoms with van der Waals surface area (Å²) in [6.07, 6.45) is 0. The minimum Gasteiger partial charge on any atom is -0.399 e. The van der Waals surface area contributed by atoms with Gasteiger partial charge < -0.3 is 5.73 Å². The number of hydrogen-bond donors (Lipinski definition) is 2. The second kappa shape index (κ2) is 6.04. The van der Waals surface area contributed by atoms with E-state index in [1.165, 1.54) is 18.2 Å². The lowest BCUT2D eigenvalue weighted by Crippen LogP contribution is -2.15. The molecule has 0 bridgehead atoms. The molecule has 2 aromatic rings. The van der Waals surface area contributed by atoms with E-state index >= 15 is 0 Å². The van der Waals surface area contributed by atoms with Crippen molar-refractivity contribution >= 4 is 33.0 Å². The third kappa shape index (κ3) is 4.12. The van der Waals surface area contributed by atoms with Crippen LogP contribution < -0.4 is 10.5 Å². The zero-order chi connectivity index (χ0) is 15.5. The van der Waals surface area contributed by atoms with Crippen molar-refractivity contribution in [1.29, 1.82) is 5.26 Å². The number of sulfonamides is 1. The maximum absolute atomic E-state index is 12.1. The van der Waals surface area contributed by atoms with Gasteiger partial charge >= 0.3 is 0 Å². The summed E-state index contributed by atoms with van der Waals surface area (Å²) in [7, 11) is -3.63. The van der Waals surface area contributed by atoms with E-state index in [1.807, 2.05) is 6.07 Å². The van der Waals surface area contributed by atoms with Crippen LogP contribution >= 0.6 is 11.6 Å². The standard InChI is InChI=1S/C14H12ClN3O2S/c15-13-6-3-11(8-16)7-14(13)18-21(19,20)9-10-1-4-12(17)5-2-10/h1-7,18H,9,17H2. The molecular weight excluding hydrogens is 310 g/mol. The van der Waals surface area contributed by atoms with E-state index in [1.54, 1.807) is 24.3 Å². The number of benzene rings is 2. The fourth-order valence-corrected chi connectivity index (χ4v) is 3.14. The molecule has 5 nitrogen and oxygen atoms in total. The van der Waals surface area contributed by atoms with Crippen LogP contribution in [0.2, 0.25) is 5.02 Å². The Labute approximate surface area is 128 Å². The van der Waals surface area contributed by atoms with Crippen LogP contribution in [0.3, 0.4) is 0 Å². The van der Waals surface area contributed by atoms with Crippen LogP contribution in [0.5, 0.6) is 0 Å². The van der Waals surface area contributed by atoms with Crippen LogP contribution in [-0.2, 0) is 15.8 Å². The maximum atomic E-state index is 12.1. The highest BCUT2D eigenvalue weighted by molar-refractivity contribution is 7.91. The molecule has 0 heterocycles. The van der Waals surface area contributed by atoms with Crippen molar-refractivity contribution in [3.05, 3.63) is 58.6 Å². The molecule has 21 heavy (non-hydrogen) atoms. The molecule has 0 amide bonds. The lowest BCUT2D eigenvalue weighted by atomic mass is 10.2. The number of nitrogens with one attached hydrogen (secondary N) is 1. The Balaban J connectivity index is 2.22. The van der Waals surface area contributed by atoms with Gasteiger partial charge in [-0.15, -0.1) is 0 Å². The van der Waals surface area contributed by atoms with E-state index in [9.17, 15) is 8.42 Å². The predicted molar refractivity (Wildman–Crippen MR) is 83.3 cm³/mol. The first-order chi connectivity index (χ1) is 9.89. The molecule has 0 aliphatic carbocycles. The van der Waals surface area contributed by atoms with Crippen molar-refractivity contribution in [2.24, 2.45) is 0 Å². The maximum Gasteiger partial charge on any atom is 0.236 e. The Morgan fingerprint density at radius 3 is 2.48 bits per heavy atom. The molecule has 108 valence electrons. The Kier molecular flexibility index (Phi) is 4.36. The summed E-state index contributed by atoms with van der Waals surface area (Å²) in [5.41, 5.74) is 7.23. The molecule has 0 spiro atoms. The fraction of sp³-hybridized carbons (Fsp3) is 0.0714. The Morgan fingerprint density at radius 2 is 1.86 bits per heavy atom. The van der Waals surface area contributed by atoms with Gasteiger partial charge in [0.25, 0.3) is 0 Å². The smallest absolute Gasteiger partial charge is 0.236 e. The van der Waals surface area contributed by atoms with E-state index in [0.717, 1.165) is 0 Å². The van der Waals surface area contributed by atoms with Crippen LogP contribution in [0, 0.1) is 11.3 Å². The Hall–Kier alpha value is -2.23. The summed E-state index contributed by atoms with van der Waals surface area (Å²) in [5, 5.41) is 9.06. The molecule has 2 aromatic carbocycles. The quantitative estimate of drug-likeness (QED) is 0.846. The summed E-state index contributed by atoms with van der Waals surface area (Å²) in [5.74, 6) is -0.208. The lowest BCUT2D eigenvalue weighted by Gasteiger charge is -2.10. The second-order valence-electron chi connectivity index (χ2n) is 4.41. The normalized spacial score (nSPS) is 10.9. The average Bonchev–Trinajstić information content (AvgIpc) is 2.43. The molecule has 0 unspecified atom stereocenters. The van der Waals surface area contributed by atoms with Crippen LogP contribution in [-0.4, -0.2) is 8.42 Å². The van der Waals surface area contributed by atoms with Crippen molar-refractivity contribution in [2.75, 3.05) is 10.5 Å². The van der Waals surface area contributed by atoms with Crippen molar-refractivity contribution in [3.8, 4) is 6.07 Å². The minimum absolute atomic E-state index is 0.186. The van der Waals surface area contributed by atoms with Crippen molar-refractivity contribution in [2.45, 2.75) is 5.75 Å². The van der Waals surface area contributed by atoms with Gasteiger partial charge in [0.05, 0.1) is 28.1 Å². The van der Waals surface area contributed by atoms with Gasteiger partial charge in [0.2, 0.25) is 10.0 Å². The summed E-state index contributed by atoms with van der Waals surface area (Å²) in [6.45, 7) is 0. The van der Waals surface area contributed by atoms with Crippen molar-refractivity contribution < 1.29 is 8.42 Å². The molecule has 0 aliphatic heterocycles.